The Morgan fingerprint density at radius 3 is 2.70 bits per heavy atom. The molecule has 3 aromatic rings. The molecule has 0 radical (unpaired) electrons. The van der Waals surface area contributed by atoms with Crippen molar-refractivity contribution in [3.05, 3.63) is 58.2 Å². The highest BCUT2D eigenvalue weighted by molar-refractivity contribution is 7.17. The molecule has 7 nitrogen and oxygen atoms in total. The van der Waals surface area contributed by atoms with E-state index in [1.807, 2.05) is 31.2 Å². The number of carbonyl (C=O) groups excluding carboxylic acids is 2. The van der Waals surface area contributed by atoms with E-state index in [1.165, 1.54) is 20.9 Å². The van der Waals surface area contributed by atoms with E-state index in [1.54, 1.807) is 19.3 Å². The van der Waals surface area contributed by atoms with Crippen molar-refractivity contribution in [1.29, 1.82) is 0 Å². The maximum absolute atomic E-state index is 13.3. The summed E-state index contributed by atoms with van der Waals surface area (Å²) in [5.74, 6) is 0.108. The Morgan fingerprint density at radius 1 is 1.13 bits per heavy atom. The minimum Gasteiger partial charge on any atom is -0.492 e. The smallest absolute Gasteiger partial charge is 0.274 e. The quantitative estimate of drug-likeness (QED) is 0.619. The molecule has 0 atom stereocenters. The van der Waals surface area contributed by atoms with Gasteiger partial charge in [0.05, 0.1) is 17.9 Å². The number of nitrogens with one attached hydrogen (secondary N) is 2. The molecule has 0 bridgehead atoms. The third kappa shape index (κ3) is 3.95. The first-order valence-electron chi connectivity index (χ1n) is 10.1. The van der Waals surface area contributed by atoms with E-state index in [-0.39, 0.29) is 11.8 Å². The molecule has 1 aliphatic carbocycles. The van der Waals surface area contributed by atoms with Crippen LogP contribution in [0.5, 0.6) is 5.75 Å². The number of para-hydroxylation sites is 2. The monoisotopic (exact) mass is 424 g/mol. The maximum atomic E-state index is 13.3. The SMILES string of the molecule is CCOc1ccccc1NC(=O)c1c(NC(=O)c2ccnn2C)sc2c1CCCC2. The average molecular weight is 425 g/mol. The number of hydrogen-bond acceptors (Lipinski definition) is 5. The van der Waals surface area contributed by atoms with Gasteiger partial charge in [0.1, 0.15) is 16.4 Å². The van der Waals surface area contributed by atoms with Crippen LogP contribution in [0.25, 0.3) is 0 Å². The normalized spacial score (nSPS) is 12.9. The topological polar surface area (TPSA) is 85.2 Å². The summed E-state index contributed by atoms with van der Waals surface area (Å²) in [6.45, 7) is 2.41. The second-order valence-electron chi connectivity index (χ2n) is 7.09. The van der Waals surface area contributed by atoms with Crippen molar-refractivity contribution in [2.24, 2.45) is 7.05 Å². The zero-order valence-electron chi connectivity index (χ0n) is 17.0. The second-order valence-corrected chi connectivity index (χ2v) is 8.20. The summed E-state index contributed by atoms with van der Waals surface area (Å²) in [5, 5.41) is 10.6. The highest BCUT2D eigenvalue weighted by atomic mass is 32.1. The number of amides is 2. The molecule has 0 spiro atoms. The van der Waals surface area contributed by atoms with Crippen LogP contribution in [0.1, 0.15) is 51.1 Å². The van der Waals surface area contributed by atoms with E-state index in [4.69, 9.17) is 4.74 Å². The molecule has 0 saturated carbocycles. The van der Waals surface area contributed by atoms with Crippen molar-refractivity contribution in [2.45, 2.75) is 32.6 Å². The molecule has 30 heavy (non-hydrogen) atoms. The van der Waals surface area contributed by atoms with Crippen LogP contribution in [-0.2, 0) is 19.9 Å². The summed E-state index contributed by atoms with van der Waals surface area (Å²) in [4.78, 5) is 27.3. The van der Waals surface area contributed by atoms with Gasteiger partial charge in [-0.25, -0.2) is 0 Å². The molecule has 2 amide bonds. The number of thiophene rings is 1. The molecule has 1 aliphatic rings. The molecule has 0 saturated heterocycles. The molecule has 156 valence electrons. The van der Waals surface area contributed by atoms with Crippen LogP contribution in [0.15, 0.2) is 36.5 Å². The summed E-state index contributed by atoms with van der Waals surface area (Å²) in [6, 6.07) is 9.02. The van der Waals surface area contributed by atoms with Crippen LogP contribution >= 0.6 is 11.3 Å². The van der Waals surface area contributed by atoms with Gasteiger partial charge >= 0.3 is 0 Å². The molecule has 0 fully saturated rings. The maximum Gasteiger partial charge on any atom is 0.274 e. The molecule has 0 aliphatic heterocycles. The number of fused-ring (bicyclic) bond motifs is 1. The molecular formula is C22H24N4O3S. The van der Waals surface area contributed by atoms with Gasteiger partial charge in [0, 0.05) is 18.1 Å². The lowest BCUT2D eigenvalue weighted by Gasteiger charge is -2.15. The fourth-order valence-corrected chi connectivity index (χ4v) is 4.98. The number of carbonyl (C=O) groups is 2. The van der Waals surface area contributed by atoms with Crippen molar-refractivity contribution in [3.8, 4) is 5.75 Å². The Hall–Kier alpha value is -3.13. The Morgan fingerprint density at radius 2 is 1.93 bits per heavy atom. The van der Waals surface area contributed by atoms with Crippen LogP contribution in [0, 0.1) is 0 Å². The van der Waals surface area contributed by atoms with Crippen molar-refractivity contribution in [3.63, 3.8) is 0 Å². The van der Waals surface area contributed by atoms with Gasteiger partial charge < -0.3 is 15.4 Å². The van der Waals surface area contributed by atoms with Crippen molar-refractivity contribution < 1.29 is 14.3 Å². The van der Waals surface area contributed by atoms with Gasteiger partial charge in [-0.05, 0) is 56.4 Å². The zero-order chi connectivity index (χ0) is 21.1. The van der Waals surface area contributed by atoms with Gasteiger partial charge in [-0.3, -0.25) is 14.3 Å². The average Bonchev–Trinajstić information content (AvgIpc) is 3.32. The number of aromatic nitrogens is 2. The molecular weight excluding hydrogens is 400 g/mol. The van der Waals surface area contributed by atoms with E-state index in [0.717, 1.165) is 31.2 Å². The predicted octanol–water partition coefficient (Wildman–Crippen LogP) is 4.26. The molecule has 4 rings (SSSR count). The lowest BCUT2D eigenvalue weighted by atomic mass is 9.95. The molecule has 2 aromatic heterocycles. The van der Waals surface area contributed by atoms with E-state index < -0.39 is 0 Å². The highest BCUT2D eigenvalue weighted by Gasteiger charge is 2.27. The lowest BCUT2D eigenvalue weighted by Crippen LogP contribution is -2.20. The van der Waals surface area contributed by atoms with Gasteiger partial charge in [0.2, 0.25) is 0 Å². The fourth-order valence-electron chi connectivity index (χ4n) is 3.69. The number of anilines is 2. The molecule has 8 heteroatoms. The number of nitrogens with zero attached hydrogens (tertiary/aromatic N) is 2. The van der Waals surface area contributed by atoms with Crippen LogP contribution < -0.4 is 15.4 Å². The largest absolute Gasteiger partial charge is 0.492 e. The second kappa shape index (κ2) is 8.71. The summed E-state index contributed by atoms with van der Waals surface area (Å²) in [6.07, 6.45) is 5.47. The molecule has 0 unspecified atom stereocenters. The van der Waals surface area contributed by atoms with E-state index in [9.17, 15) is 9.59 Å². The Kier molecular flexibility index (Phi) is 5.85. The van der Waals surface area contributed by atoms with Crippen molar-refractivity contribution in [1.82, 2.24) is 9.78 Å². The lowest BCUT2D eigenvalue weighted by molar-refractivity contribution is 0.101. The van der Waals surface area contributed by atoms with Gasteiger partial charge in [-0.1, -0.05) is 12.1 Å². The van der Waals surface area contributed by atoms with Crippen LogP contribution in [-0.4, -0.2) is 28.2 Å². The van der Waals surface area contributed by atoms with Crippen LogP contribution in [0.3, 0.4) is 0 Å². The number of ether oxygens (including phenoxy) is 1. The first-order valence-corrected chi connectivity index (χ1v) is 10.9. The van der Waals surface area contributed by atoms with E-state index in [2.05, 4.69) is 15.7 Å². The standard InChI is InChI=1S/C22H24N4O3S/c1-3-29-17-10-6-5-9-15(17)24-21(28)19-14-8-4-7-11-18(14)30-22(19)25-20(27)16-12-13-23-26(16)2/h5-6,9-10,12-13H,3-4,7-8,11H2,1-2H3,(H,24,28)(H,25,27). The third-order valence-corrected chi connectivity index (χ3v) is 6.32. The van der Waals surface area contributed by atoms with Crippen molar-refractivity contribution >= 4 is 33.8 Å². The zero-order valence-corrected chi connectivity index (χ0v) is 17.8. The molecule has 2 heterocycles. The summed E-state index contributed by atoms with van der Waals surface area (Å²) in [5.41, 5.74) is 2.65. The van der Waals surface area contributed by atoms with E-state index >= 15 is 0 Å². The third-order valence-electron chi connectivity index (χ3n) is 5.11. The van der Waals surface area contributed by atoms with Gasteiger partial charge in [-0.2, -0.15) is 5.10 Å². The minimum atomic E-state index is -0.280. The first kappa shape index (κ1) is 20.2. The number of benzene rings is 1. The van der Waals surface area contributed by atoms with Crippen LogP contribution in [0.4, 0.5) is 10.7 Å². The minimum absolute atomic E-state index is 0.234. The number of rotatable bonds is 6. The number of hydrogen-bond donors (Lipinski definition) is 2. The fraction of sp³-hybridized carbons (Fsp3) is 0.318. The Labute approximate surface area is 179 Å². The Bertz CT molecular complexity index is 1090. The Balaban J connectivity index is 1.66. The summed E-state index contributed by atoms with van der Waals surface area (Å²) in [7, 11) is 1.71. The summed E-state index contributed by atoms with van der Waals surface area (Å²) >= 11 is 1.49. The molecule has 1 aromatic carbocycles. The van der Waals surface area contributed by atoms with Gasteiger partial charge in [-0.15, -0.1) is 11.3 Å². The van der Waals surface area contributed by atoms with Gasteiger partial charge in [0.15, 0.2) is 0 Å². The van der Waals surface area contributed by atoms with E-state index in [0.29, 0.717) is 34.3 Å². The number of aryl methyl sites for hydroxylation is 2. The van der Waals surface area contributed by atoms with Crippen molar-refractivity contribution in [2.75, 3.05) is 17.2 Å². The molecule has 2 N–H and O–H groups in total. The van der Waals surface area contributed by atoms with Crippen LogP contribution in [0.2, 0.25) is 0 Å². The first-order chi connectivity index (χ1) is 14.6. The summed E-state index contributed by atoms with van der Waals surface area (Å²) < 4.78 is 7.15. The predicted molar refractivity (Wildman–Crippen MR) is 118 cm³/mol. The van der Waals surface area contributed by atoms with Gasteiger partial charge in [0.25, 0.3) is 11.8 Å². The highest BCUT2D eigenvalue weighted by Crippen LogP contribution is 2.39.